The Labute approximate surface area is 122 Å². The summed E-state index contributed by atoms with van der Waals surface area (Å²) < 4.78 is 0. The van der Waals surface area contributed by atoms with Crippen molar-refractivity contribution in [2.45, 2.75) is 13.3 Å². The zero-order chi connectivity index (χ0) is 14.7. The zero-order valence-electron chi connectivity index (χ0n) is 11.3. The van der Waals surface area contributed by atoms with Gasteiger partial charge in [0.1, 0.15) is 0 Å². The number of benzene rings is 1. The maximum atomic E-state index is 12.0. The van der Waals surface area contributed by atoms with Crippen molar-refractivity contribution in [2.24, 2.45) is 0 Å². The van der Waals surface area contributed by atoms with E-state index in [2.05, 4.69) is 15.3 Å². The van der Waals surface area contributed by atoms with Crippen LogP contribution in [0.4, 0.5) is 5.95 Å². The van der Waals surface area contributed by atoms with Gasteiger partial charge in [-0.3, -0.25) is 4.79 Å². The van der Waals surface area contributed by atoms with Crippen LogP contribution in [0.1, 0.15) is 27.3 Å². The van der Waals surface area contributed by atoms with E-state index in [0.717, 1.165) is 5.56 Å². The van der Waals surface area contributed by atoms with Gasteiger partial charge in [0.2, 0.25) is 5.95 Å². The summed E-state index contributed by atoms with van der Waals surface area (Å²) >= 11 is 5.86. The number of aromatic nitrogens is 2. The van der Waals surface area contributed by atoms with E-state index in [9.17, 15) is 4.79 Å². The molecule has 2 rings (SSSR count). The fourth-order valence-electron chi connectivity index (χ4n) is 2.00. The molecule has 0 bridgehead atoms. The van der Waals surface area contributed by atoms with Gasteiger partial charge in [-0.25, -0.2) is 9.97 Å². The van der Waals surface area contributed by atoms with Crippen LogP contribution in [0.5, 0.6) is 0 Å². The third-order valence-electron chi connectivity index (χ3n) is 2.92. The lowest BCUT2D eigenvalue weighted by molar-refractivity contribution is 0.0961. The summed E-state index contributed by atoms with van der Waals surface area (Å²) in [5.74, 6) is -0.0504. The predicted octanol–water partition coefficient (Wildman–Crippen LogP) is 1.97. The number of rotatable bonds is 3. The standard InChI is InChI=1S/C14H15ClN4O/c1-8-12(13(20)17-2)11(19-14(16)18-8)7-9-3-5-10(15)6-4-9/h3-6H,7H2,1-2H3,(H,17,20)(H2,16,18,19). The summed E-state index contributed by atoms with van der Waals surface area (Å²) in [6.07, 6.45) is 0.494. The largest absolute Gasteiger partial charge is 0.368 e. The molecule has 0 spiro atoms. The smallest absolute Gasteiger partial charge is 0.254 e. The van der Waals surface area contributed by atoms with Crippen molar-refractivity contribution in [3.63, 3.8) is 0 Å². The maximum Gasteiger partial charge on any atom is 0.254 e. The van der Waals surface area contributed by atoms with E-state index in [-0.39, 0.29) is 11.9 Å². The average molecular weight is 291 g/mol. The van der Waals surface area contributed by atoms with E-state index in [1.165, 1.54) is 0 Å². The molecule has 3 N–H and O–H groups in total. The number of halogens is 1. The minimum absolute atomic E-state index is 0.166. The molecule has 0 atom stereocenters. The SMILES string of the molecule is CNC(=O)c1c(C)nc(N)nc1Cc1ccc(Cl)cc1. The molecule has 0 saturated heterocycles. The number of aryl methyl sites for hydroxylation is 1. The molecule has 0 radical (unpaired) electrons. The molecule has 0 aliphatic rings. The minimum atomic E-state index is -0.216. The van der Waals surface area contributed by atoms with Crippen LogP contribution in [-0.4, -0.2) is 22.9 Å². The molecular formula is C14H15ClN4O. The van der Waals surface area contributed by atoms with Gasteiger partial charge in [-0.1, -0.05) is 23.7 Å². The molecule has 0 saturated carbocycles. The van der Waals surface area contributed by atoms with Crippen LogP contribution < -0.4 is 11.1 Å². The Morgan fingerprint density at radius 2 is 1.95 bits per heavy atom. The maximum absolute atomic E-state index is 12.0. The minimum Gasteiger partial charge on any atom is -0.368 e. The number of amides is 1. The number of carbonyl (C=O) groups is 1. The molecule has 0 aliphatic carbocycles. The number of nitrogens with two attached hydrogens (primary N) is 1. The summed E-state index contributed by atoms with van der Waals surface area (Å²) in [5, 5.41) is 3.26. The van der Waals surface area contributed by atoms with Gasteiger partial charge in [0.05, 0.1) is 17.0 Å². The highest BCUT2D eigenvalue weighted by Gasteiger charge is 2.17. The van der Waals surface area contributed by atoms with Crippen LogP contribution in [0.25, 0.3) is 0 Å². The molecule has 6 heteroatoms. The lowest BCUT2D eigenvalue weighted by Gasteiger charge is -2.11. The Balaban J connectivity index is 2.44. The quantitative estimate of drug-likeness (QED) is 0.905. The second-order valence-electron chi connectivity index (χ2n) is 4.37. The van der Waals surface area contributed by atoms with Crippen LogP contribution in [0.2, 0.25) is 5.02 Å². The molecular weight excluding hydrogens is 276 g/mol. The number of nitrogens with one attached hydrogen (secondary N) is 1. The Morgan fingerprint density at radius 1 is 1.30 bits per heavy atom. The molecule has 104 valence electrons. The molecule has 1 amide bonds. The second kappa shape index (κ2) is 5.88. The monoisotopic (exact) mass is 290 g/mol. The molecule has 0 aliphatic heterocycles. The van der Waals surface area contributed by atoms with Gasteiger partial charge in [-0.05, 0) is 24.6 Å². The van der Waals surface area contributed by atoms with Crippen LogP contribution in [0.15, 0.2) is 24.3 Å². The van der Waals surface area contributed by atoms with E-state index < -0.39 is 0 Å². The fourth-order valence-corrected chi connectivity index (χ4v) is 2.13. The number of anilines is 1. The normalized spacial score (nSPS) is 10.3. The molecule has 1 aromatic heterocycles. The first kappa shape index (κ1) is 14.3. The van der Waals surface area contributed by atoms with E-state index >= 15 is 0 Å². The average Bonchev–Trinajstić information content (AvgIpc) is 2.40. The Hall–Kier alpha value is -2.14. The van der Waals surface area contributed by atoms with Gasteiger partial charge < -0.3 is 11.1 Å². The van der Waals surface area contributed by atoms with E-state index in [1.54, 1.807) is 26.1 Å². The van der Waals surface area contributed by atoms with Crippen LogP contribution in [-0.2, 0) is 6.42 Å². The lowest BCUT2D eigenvalue weighted by atomic mass is 10.0. The molecule has 0 unspecified atom stereocenters. The fraction of sp³-hybridized carbons (Fsp3) is 0.214. The highest BCUT2D eigenvalue weighted by atomic mass is 35.5. The molecule has 1 heterocycles. The van der Waals surface area contributed by atoms with Gasteiger partial charge in [-0.15, -0.1) is 0 Å². The molecule has 1 aromatic carbocycles. The first-order valence-electron chi connectivity index (χ1n) is 6.10. The van der Waals surface area contributed by atoms with E-state index in [4.69, 9.17) is 17.3 Å². The number of hydrogen-bond acceptors (Lipinski definition) is 4. The first-order chi connectivity index (χ1) is 9.51. The van der Waals surface area contributed by atoms with Gasteiger partial charge >= 0.3 is 0 Å². The van der Waals surface area contributed by atoms with E-state index in [1.807, 2.05) is 12.1 Å². The van der Waals surface area contributed by atoms with E-state index in [0.29, 0.717) is 28.4 Å². The third-order valence-corrected chi connectivity index (χ3v) is 3.17. The highest BCUT2D eigenvalue weighted by Crippen LogP contribution is 2.18. The van der Waals surface area contributed by atoms with Crippen LogP contribution in [0, 0.1) is 6.92 Å². The van der Waals surface area contributed by atoms with Gasteiger partial charge in [0, 0.05) is 18.5 Å². The Bertz CT molecular complexity index is 640. The number of nitrogens with zero attached hydrogens (tertiary/aromatic N) is 2. The highest BCUT2D eigenvalue weighted by molar-refractivity contribution is 6.30. The van der Waals surface area contributed by atoms with Crippen molar-refractivity contribution in [2.75, 3.05) is 12.8 Å². The zero-order valence-corrected chi connectivity index (χ0v) is 12.0. The Kier molecular flexibility index (Phi) is 4.20. The summed E-state index contributed by atoms with van der Waals surface area (Å²) in [7, 11) is 1.57. The first-order valence-corrected chi connectivity index (χ1v) is 6.48. The molecule has 2 aromatic rings. The topological polar surface area (TPSA) is 80.9 Å². The van der Waals surface area contributed by atoms with Crippen molar-refractivity contribution in [3.05, 3.63) is 51.8 Å². The van der Waals surface area contributed by atoms with Crippen molar-refractivity contribution in [3.8, 4) is 0 Å². The summed E-state index contributed by atoms with van der Waals surface area (Å²) in [4.78, 5) is 20.2. The lowest BCUT2D eigenvalue weighted by Crippen LogP contribution is -2.23. The van der Waals surface area contributed by atoms with Crippen molar-refractivity contribution in [1.82, 2.24) is 15.3 Å². The summed E-state index contributed by atoms with van der Waals surface area (Å²) in [5.41, 5.74) is 8.32. The Morgan fingerprint density at radius 3 is 2.55 bits per heavy atom. The van der Waals surface area contributed by atoms with Gasteiger partial charge in [-0.2, -0.15) is 0 Å². The van der Waals surface area contributed by atoms with Gasteiger partial charge in [0.15, 0.2) is 0 Å². The van der Waals surface area contributed by atoms with Crippen molar-refractivity contribution in [1.29, 1.82) is 0 Å². The molecule has 0 fully saturated rings. The van der Waals surface area contributed by atoms with Crippen LogP contribution in [0.3, 0.4) is 0 Å². The number of nitrogen functional groups attached to an aromatic ring is 1. The second-order valence-corrected chi connectivity index (χ2v) is 4.81. The molecule has 20 heavy (non-hydrogen) atoms. The third kappa shape index (κ3) is 3.05. The number of hydrogen-bond donors (Lipinski definition) is 2. The molecule has 5 nitrogen and oxygen atoms in total. The predicted molar refractivity (Wildman–Crippen MR) is 78.8 cm³/mol. The van der Waals surface area contributed by atoms with Gasteiger partial charge in [0.25, 0.3) is 5.91 Å². The number of carbonyl (C=O) groups excluding carboxylic acids is 1. The van der Waals surface area contributed by atoms with Crippen LogP contribution >= 0.6 is 11.6 Å². The van der Waals surface area contributed by atoms with Crippen molar-refractivity contribution >= 4 is 23.5 Å². The summed E-state index contributed by atoms with van der Waals surface area (Å²) in [6.45, 7) is 1.74. The summed E-state index contributed by atoms with van der Waals surface area (Å²) in [6, 6.07) is 7.38. The van der Waals surface area contributed by atoms with Crippen molar-refractivity contribution < 1.29 is 4.79 Å².